The predicted octanol–water partition coefficient (Wildman–Crippen LogP) is 2.94. The number of amides is 2. The summed E-state index contributed by atoms with van der Waals surface area (Å²) < 4.78 is 5.11. The molecule has 0 aliphatic heterocycles. The van der Waals surface area contributed by atoms with E-state index in [0.717, 1.165) is 16.3 Å². The molecular formula is C20H17N3O3. The molecule has 3 rings (SSSR count). The van der Waals surface area contributed by atoms with Gasteiger partial charge in [-0.3, -0.25) is 9.59 Å². The lowest BCUT2D eigenvalue weighted by Gasteiger charge is -2.07. The number of methoxy groups -OCH3 is 1. The molecule has 2 N–H and O–H groups in total. The average molecular weight is 347 g/mol. The molecule has 6 nitrogen and oxygen atoms in total. The molecule has 26 heavy (non-hydrogen) atoms. The Bertz CT molecular complexity index is 977. The molecule has 3 aromatic rings. The van der Waals surface area contributed by atoms with Gasteiger partial charge in [0.05, 0.1) is 13.3 Å². The van der Waals surface area contributed by atoms with Crippen molar-refractivity contribution in [3.05, 3.63) is 72.3 Å². The lowest BCUT2D eigenvalue weighted by molar-refractivity contribution is -0.136. The molecule has 0 aromatic heterocycles. The summed E-state index contributed by atoms with van der Waals surface area (Å²) in [6.45, 7) is 0. The molecule has 0 bridgehead atoms. The van der Waals surface area contributed by atoms with Crippen molar-refractivity contribution >= 4 is 34.5 Å². The van der Waals surface area contributed by atoms with Crippen molar-refractivity contribution in [2.24, 2.45) is 5.10 Å². The van der Waals surface area contributed by atoms with E-state index in [1.807, 2.05) is 36.4 Å². The smallest absolute Gasteiger partial charge is 0.329 e. The Hall–Kier alpha value is -3.67. The van der Waals surface area contributed by atoms with Crippen LogP contribution in [0.25, 0.3) is 10.8 Å². The number of hydrogen-bond donors (Lipinski definition) is 2. The van der Waals surface area contributed by atoms with Gasteiger partial charge in [-0.25, -0.2) is 5.43 Å². The molecule has 130 valence electrons. The van der Waals surface area contributed by atoms with Crippen LogP contribution in [0.3, 0.4) is 0 Å². The van der Waals surface area contributed by atoms with Gasteiger partial charge in [0.1, 0.15) is 5.75 Å². The first kappa shape index (κ1) is 17.2. The summed E-state index contributed by atoms with van der Waals surface area (Å²) in [7, 11) is 1.57. The van der Waals surface area contributed by atoms with Gasteiger partial charge in [-0.15, -0.1) is 0 Å². The van der Waals surface area contributed by atoms with E-state index < -0.39 is 11.8 Å². The highest BCUT2D eigenvalue weighted by Gasteiger charge is 2.14. The molecule has 0 aliphatic carbocycles. The molecular weight excluding hydrogens is 330 g/mol. The molecule has 0 heterocycles. The van der Waals surface area contributed by atoms with Crippen LogP contribution < -0.4 is 15.5 Å². The van der Waals surface area contributed by atoms with Crippen LogP contribution in [0.4, 0.5) is 5.69 Å². The van der Waals surface area contributed by atoms with Crippen LogP contribution in [-0.2, 0) is 9.59 Å². The number of carbonyl (C=O) groups is 2. The molecule has 0 saturated carbocycles. The topological polar surface area (TPSA) is 79.8 Å². The van der Waals surface area contributed by atoms with Gasteiger partial charge in [0.2, 0.25) is 0 Å². The lowest BCUT2D eigenvalue weighted by Crippen LogP contribution is -2.32. The zero-order valence-electron chi connectivity index (χ0n) is 14.1. The number of fused-ring (bicyclic) bond motifs is 1. The number of benzene rings is 3. The molecule has 0 atom stereocenters. The van der Waals surface area contributed by atoms with Crippen molar-refractivity contribution in [1.82, 2.24) is 5.43 Å². The van der Waals surface area contributed by atoms with E-state index in [2.05, 4.69) is 15.8 Å². The number of hydrogen-bond acceptors (Lipinski definition) is 4. The van der Waals surface area contributed by atoms with Gasteiger partial charge in [0, 0.05) is 11.1 Å². The fourth-order valence-corrected chi connectivity index (χ4v) is 2.45. The molecule has 0 saturated heterocycles. The SMILES string of the molecule is COc1cccc(/C=N\NC(=O)C(=O)Nc2cccc3ccccc23)c1. The standard InChI is InChI=1S/C20H17N3O3/c1-26-16-9-4-6-14(12-16)13-21-23-20(25)19(24)22-18-11-5-8-15-7-2-3-10-17(15)18/h2-13H,1H3,(H,22,24)(H,23,25)/b21-13-. The number of ether oxygens (including phenoxy) is 1. The molecule has 0 fully saturated rings. The summed E-state index contributed by atoms with van der Waals surface area (Å²) in [6.07, 6.45) is 1.44. The van der Waals surface area contributed by atoms with Crippen molar-refractivity contribution < 1.29 is 14.3 Å². The summed E-state index contributed by atoms with van der Waals surface area (Å²) in [5.41, 5.74) is 3.52. The maximum atomic E-state index is 12.1. The molecule has 0 aliphatic rings. The van der Waals surface area contributed by atoms with Gasteiger partial charge in [0.15, 0.2) is 0 Å². The van der Waals surface area contributed by atoms with E-state index in [9.17, 15) is 9.59 Å². The molecule has 0 spiro atoms. The van der Waals surface area contributed by atoms with Crippen molar-refractivity contribution in [1.29, 1.82) is 0 Å². The van der Waals surface area contributed by atoms with Gasteiger partial charge in [-0.1, -0.05) is 48.5 Å². The first-order chi connectivity index (χ1) is 12.7. The zero-order valence-corrected chi connectivity index (χ0v) is 14.1. The Morgan fingerprint density at radius 2 is 1.73 bits per heavy atom. The van der Waals surface area contributed by atoms with Gasteiger partial charge in [0.25, 0.3) is 0 Å². The van der Waals surface area contributed by atoms with Crippen molar-refractivity contribution in [3.8, 4) is 5.75 Å². The maximum absolute atomic E-state index is 12.1. The third-order valence-electron chi connectivity index (χ3n) is 3.72. The Balaban J connectivity index is 1.64. The second kappa shape index (κ2) is 7.94. The second-order valence-electron chi connectivity index (χ2n) is 5.46. The van der Waals surface area contributed by atoms with Crippen LogP contribution in [0, 0.1) is 0 Å². The van der Waals surface area contributed by atoms with Crippen LogP contribution in [0.5, 0.6) is 5.75 Å². The Labute approximate surface area is 150 Å². The highest BCUT2D eigenvalue weighted by atomic mass is 16.5. The monoisotopic (exact) mass is 347 g/mol. The Kier molecular flexibility index (Phi) is 5.24. The summed E-state index contributed by atoms with van der Waals surface area (Å²) in [5.74, 6) is -0.963. The fraction of sp³-hybridized carbons (Fsp3) is 0.0500. The third kappa shape index (κ3) is 4.05. The number of nitrogens with zero attached hydrogens (tertiary/aromatic N) is 1. The van der Waals surface area contributed by atoms with Crippen LogP contribution in [-0.4, -0.2) is 25.1 Å². The second-order valence-corrected chi connectivity index (χ2v) is 5.46. The van der Waals surface area contributed by atoms with E-state index >= 15 is 0 Å². The largest absolute Gasteiger partial charge is 0.497 e. The van der Waals surface area contributed by atoms with E-state index in [1.54, 1.807) is 37.4 Å². The summed E-state index contributed by atoms with van der Waals surface area (Å²) >= 11 is 0. The number of nitrogens with one attached hydrogen (secondary N) is 2. The molecule has 3 aromatic carbocycles. The normalized spacial score (nSPS) is 10.7. The van der Waals surface area contributed by atoms with Crippen LogP contribution in [0.15, 0.2) is 71.8 Å². The molecule has 0 unspecified atom stereocenters. The molecule has 2 amide bonds. The minimum atomic E-state index is -0.850. The molecule has 0 radical (unpaired) electrons. The molecule has 6 heteroatoms. The summed E-state index contributed by atoms with van der Waals surface area (Å²) in [5, 5.41) is 8.24. The van der Waals surface area contributed by atoms with Gasteiger partial charge in [-0.2, -0.15) is 5.10 Å². The minimum absolute atomic E-state index is 0.569. The average Bonchev–Trinajstić information content (AvgIpc) is 2.68. The number of carbonyl (C=O) groups excluding carboxylic acids is 2. The quantitative estimate of drug-likeness (QED) is 0.433. The fourth-order valence-electron chi connectivity index (χ4n) is 2.45. The number of anilines is 1. The number of rotatable bonds is 4. The maximum Gasteiger partial charge on any atom is 0.329 e. The van der Waals surface area contributed by atoms with E-state index in [4.69, 9.17) is 4.74 Å². The van der Waals surface area contributed by atoms with Crippen molar-refractivity contribution in [2.75, 3.05) is 12.4 Å². The number of hydrazone groups is 1. The Morgan fingerprint density at radius 1 is 0.962 bits per heavy atom. The Morgan fingerprint density at radius 3 is 2.58 bits per heavy atom. The van der Waals surface area contributed by atoms with Crippen molar-refractivity contribution in [3.63, 3.8) is 0 Å². The summed E-state index contributed by atoms with van der Waals surface area (Å²) in [4.78, 5) is 24.0. The van der Waals surface area contributed by atoms with Gasteiger partial charge in [-0.05, 0) is 29.1 Å². The third-order valence-corrected chi connectivity index (χ3v) is 3.72. The lowest BCUT2D eigenvalue weighted by atomic mass is 10.1. The van der Waals surface area contributed by atoms with Crippen molar-refractivity contribution in [2.45, 2.75) is 0 Å². The first-order valence-corrected chi connectivity index (χ1v) is 7.93. The van der Waals surface area contributed by atoms with E-state index in [0.29, 0.717) is 11.4 Å². The van der Waals surface area contributed by atoms with Crippen LogP contribution in [0.1, 0.15) is 5.56 Å². The summed E-state index contributed by atoms with van der Waals surface area (Å²) in [6, 6.07) is 20.2. The zero-order chi connectivity index (χ0) is 18.4. The van der Waals surface area contributed by atoms with Gasteiger partial charge >= 0.3 is 11.8 Å². The van der Waals surface area contributed by atoms with E-state index in [1.165, 1.54) is 6.21 Å². The van der Waals surface area contributed by atoms with Crippen LogP contribution in [0.2, 0.25) is 0 Å². The highest BCUT2D eigenvalue weighted by molar-refractivity contribution is 6.40. The minimum Gasteiger partial charge on any atom is -0.497 e. The van der Waals surface area contributed by atoms with E-state index in [-0.39, 0.29) is 0 Å². The van der Waals surface area contributed by atoms with Gasteiger partial charge < -0.3 is 10.1 Å². The van der Waals surface area contributed by atoms with Crippen LogP contribution >= 0.6 is 0 Å². The predicted molar refractivity (Wildman–Crippen MR) is 101 cm³/mol. The first-order valence-electron chi connectivity index (χ1n) is 7.93. The highest BCUT2D eigenvalue weighted by Crippen LogP contribution is 2.22.